The van der Waals surface area contributed by atoms with Crippen molar-refractivity contribution in [3.05, 3.63) is 35.7 Å². The molecule has 0 unspecified atom stereocenters. The molecule has 3 rings (SSSR count). The van der Waals surface area contributed by atoms with Crippen LogP contribution in [-0.2, 0) is 5.67 Å². The molecule has 0 bridgehead atoms. The number of nitrogens with two attached hydrogens (primary N) is 1. The average Bonchev–Trinajstić information content (AvgIpc) is 2.46. The monoisotopic (exact) mass is 303 g/mol. The van der Waals surface area contributed by atoms with Crippen molar-refractivity contribution < 1.29 is 9.13 Å². The van der Waals surface area contributed by atoms with Crippen LogP contribution in [0.15, 0.2) is 24.3 Å². The normalized spacial score (nSPS) is 17.5. The highest BCUT2D eigenvalue weighted by Gasteiger charge is 2.26. The summed E-state index contributed by atoms with van der Waals surface area (Å²) in [6.07, 6.45) is 0.761. The number of para-hydroxylation sites is 1. The summed E-state index contributed by atoms with van der Waals surface area (Å²) in [5.41, 5.74) is 5.00. The number of hydrogen-bond acceptors (Lipinski definition) is 6. The molecule has 0 saturated heterocycles. The summed E-state index contributed by atoms with van der Waals surface area (Å²) >= 11 is 0. The van der Waals surface area contributed by atoms with Gasteiger partial charge in [-0.1, -0.05) is 18.2 Å². The van der Waals surface area contributed by atoms with Crippen LogP contribution in [0.3, 0.4) is 0 Å². The summed E-state index contributed by atoms with van der Waals surface area (Å²) in [5.74, 6) is 1.12. The number of anilines is 2. The summed E-state index contributed by atoms with van der Waals surface area (Å²) in [4.78, 5) is 12.1. The second-order valence-corrected chi connectivity index (χ2v) is 5.69. The molecule has 6 nitrogen and oxygen atoms in total. The molecule has 1 atom stereocenters. The standard InChI is InChI=1S/C15H18FN5O/c1-15(2,16)12-19-13(17)21-14(20-12)18-10-7-8-22-11-6-4-3-5-9(10)11/h3-6,10H,7-8H2,1-2H3,(H3,17,18,19,20,21)/t10-/m1/s1. The lowest BCUT2D eigenvalue weighted by Crippen LogP contribution is -2.23. The second-order valence-electron chi connectivity index (χ2n) is 5.69. The van der Waals surface area contributed by atoms with Crippen LogP contribution in [0.2, 0.25) is 0 Å². The molecule has 22 heavy (non-hydrogen) atoms. The number of halogens is 1. The number of hydrogen-bond donors (Lipinski definition) is 2. The minimum atomic E-state index is -1.68. The summed E-state index contributed by atoms with van der Waals surface area (Å²) in [6, 6.07) is 7.76. The highest BCUT2D eigenvalue weighted by molar-refractivity contribution is 5.43. The van der Waals surface area contributed by atoms with E-state index in [9.17, 15) is 4.39 Å². The number of alkyl halides is 1. The summed E-state index contributed by atoms with van der Waals surface area (Å²) in [7, 11) is 0. The molecule has 1 aromatic carbocycles. The minimum Gasteiger partial charge on any atom is -0.493 e. The second kappa shape index (κ2) is 5.40. The van der Waals surface area contributed by atoms with E-state index in [2.05, 4.69) is 20.3 Å². The van der Waals surface area contributed by atoms with Crippen LogP contribution >= 0.6 is 0 Å². The lowest BCUT2D eigenvalue weighted by Gasteiger charge is -2.26. The molecular weight excluding hydrogens is 285 g/mol. The van der Waals surface area contributed by atoms with Crippen LogP contribution in [0.1, 0.15) is 37.7 Å². The molecule has 1 aromatic heterocycles. The molecular formula is C15H18FN5O. The van der Waals surface area contributed by atoms with E-state index in [1.165, 1.54) is 13.8 Å². The van der Waals surface area contributed by atoms with Crippen LogP contribution in [0, 0.1) is 0 Å². The molecule has 0 fully saturated rings. The number of rotatable bonds is 3. The predicted molar refractivity (Wildman–Crippen MR) is 81.3 cm³/mol. The number of fused-ring (bicyclic) bond motifs is 1. The fourth-order valence-corrected chi connectivity index (χ4v) is 2.37. The Morgan fingerprint density at radius 2 is 2.05 bits per heavy atom. The van der Waals surface area contributed by atoms with Gasteiger partial charge >= 0.3 is 0 Å². The number of nitrogens with zero attached hydrogens (tertiary/aromatic N) is 3. The molecule has 3 N–H and O–H groups in total. The van der Waals surface area contributed by atoms with Crippen LogP contribution in [0.25, 0.3) is 0 Å². The Morgan fingerprint density at radius 3 is 2.82 bits per heavy atom. The van der Waals surface area contributed by atoms with E-state index in [1.807, 2.05) is 24.3 Å². The van der Waals surface area contributed by atoms with E-state index in [1.54, 1.807) is 0 Å². The molecule has 1 aliphatic rings. The van der Waals surface area contributed by atoms with Crippen molar-refractivity contribution in [1.82, 2.24) is 15.0 Å². The third-order valence-corrected chi connectivity index (χ3v) is 3.45. The number of nitrogens with one attached hydrogen (secondary N) is 1. The Labute approximate surface area is 128 Å². The van der Waals surface area contributed by atoms with E-state index in [-0.39, 0.29) is 23.8 Å². The van der Waals surface area contributed by atoms with Gasteiger partial charge in [-0.25, -0.2) is 4.39 Å². The zero-order chi connectivity index (χ0) is 15.7. The highest BCUT2D eigenvalue weighted by Crippen LogP contribution is 2.33. The van der Waals surface area contributed by atoms with Gasteiger partial charge in [0, 0.05) is 12.0 Å². The van der Waals surface area contributed by atoms with E-state index < -0.39 is 5.67 Å². The number of benzene rings is 1. The molecule has 2 heterocycles. The molecule has 0 saturated carbocycles. The Bertz CT molecular complexity index is 686. The molecule has 2 aromatic rings. The first-order valence-electron chi connectivity index (χ1n) is 7.13. The van der Waals surface area contributed by atoms with Gasteiger partial charge in [-0.2, -0.15) is 15.0 Å². The third-order valence-electron chi connectivity index (χ3n) is 3.45. The summed E-state index contributed by atoms with van der Waals surface area (Å²) in [6.45, 7) is 3.36. The number of ether oxygens (including phenoxy) is 1. The zero-order valence-electron chi connectivity index (χ0n) is 12.5. The zero-order valence-corrected chi connectivity index (χ0v) is 12.5. The lowest BCUT2D eigenvalue weighted by molar-refractivity contribution is 0.206. The highest BCUT2D eigenvalue weighted by atomic mass is 19.1. The molecule has 0 amide bonds. The fourth-order valence-electron chi connectivity index (χ4n) is 2.37. The van der Waals surface area contributed by atoms with Crippen LogP contribution in [-0.4, -0.2) is 21.6 Å². The van der Waals surface area contributed by atoms with Crippen LogP contribution in [0.4, 0.5) is 16.3 Å². The van der Waals surface area contributed by atoms with Crippen LogP contribution in [0.5, 0.6) is 5.75 Å². The molecule has 0 spiro atoms. The van der Waals surface area contributed by atoms with Crippen molar-refractivity contribution in [3.63, 3.8) is 0 Å². The fraction of sp³-hybridized carbons (Fsp3) is 0.400. The first-order valence-corrected chi connectivity index (χ1v) is 7.13. The molecule has 116 valence electrons. The van der Waals surface area contributed by atoms with Gasteiger partial charge in [0.15, 0.2) is 11.5 Å². The Balaban J connectivity index is 1.90. The van der Waals surface area contributed by atoms with Gasteiger partial charge in [-0.15, -0.1) is 0 Å². The average molecular weight is 303 g/mol. The van der Waals surface area contributed by atoms with Gasteiger partial charge in [0.1, 0.15) is 5.75 Å². The van der Waals surface area contributed by atoms with Gasteiger partial charge in [0.25, 0.3) is 0 Å². The van der Waals surface area contributed by atoms with Gasteiger partial charge < -0.3 is 15.8 Å². The van der Waals surface area contributed by atoms with Crippen molar-refractivity contribution in [1.29, 1.82) is 0 Å². The van der Waals surface area contributed by atoms with Crippen molar-refractivity contribution in [2.45, 2.75) is 32.0 Å². The SMILES string of the molecule is CC(C)(F)c1nc(N)nc(N[C@@H]2CCOc3ccccc32)n1. The van der Waals surface area contributed by atoms with Crippen LogP contribution < -0.4 is 15.8 Å². The van der Waals surface area contributed by atoms with E-state index in [0.717, 1.165) is 17.7 Å². The minimum absolute atomic E-state index is 0.00132. The van der Waals surface area contributed by atoms with Crippen molar-refractivity contribution in [2.24, 2.45) is 0 Å². The number of nitrogen functional groups attached to an aromatic ring is 1. The summed E-state index contributed by atoms with van der Waals surface area (Å²) in [5, 5.41) is 3.20. The smallest absolute Gasteiger partial charge is 0.228 e. The summed E-state index contributed by atoms with van der Waals surface area (Å²) < 4.78 is 19.7. The van der Waals surface area contributed by atoms with E-state index in [4.69, 9.17) is 10.5 Å². The van der Waals surface area contributed by atoms with Gasteiger partial charge in [0.05, 0.1) is 12.6 Å². The van der Waals surface area contributed by atoms with Crippen molar-refractivity contribution in [2.75, 3.05) is 17.7 Å². The van der Waals surface area contributed by atoms with Crippen molar-refractivity contribution in [3.8, 4) is 5.75 Å². The van der Waals surface area contributed by atoms with Gasteiger partial charge in [-0.3, -0.25) is 0 Å². The first kappa shape index (κ1) is 14.5. The van der Waals surface area contributed by atoms with E-state index >= 15 is 0 Å². The maximum absolute atomic E-state index is 14.0. The molecule has 7 heteroatoms. The topological polar surface area (TPSA) is 86.0 Å². The van der Waals surface area contributed by atoms with Crippen molar-refractivity contribution >= 4 is 11.9 Å². The molecule has 1 aliphatic heterocycles. The number of aromatic nitrogens is 3. The van der Waals surface area contributed by atoms with Gasteiger partial charge in [0.2, 0.25) is 11.9 Å². The first-order chi connectivity index (χ1) is 10.4. The predicted octanol–water partition coefficient (Wildman–Crippen LogP) is 2.59. The molecule has 0 radical (unpaired) electrons. The molecule has 0 aliphatic carbocycles. The maximum atomic E-state index is 14.0. The largest absolute Gasteiger partial charge is 0.493 e. The third kappa shape index (κ3) is 2.93. The van der Waals surface area contributed by atoms with E-state index in [0.29, 0.717) is 6.61 Å². The lowest BCUT2D eigenvalue weighted by atomic mass is 10.0. The Hall–Kier alpha value is -2.44. The maximum Gasteiger partial charge on any atom is 0.228 e. The Morgan fingerprint density at radius 1 is 1.27 bits per heavy atom. The quantitative estimate of drug-likeness (QED) is 0.906. The Kier molecular flexibility index (Phi) is 3.56. The van der Waals surface area contributed by atoms with Gasteiger partial charge in [-0.05, 0) is 19.9 Å².